The zero-order chi connectivity index (χ0) is 8.81. The van der Waals surface area contributed by atoms with Gasteiger partial charge in [-0.3, -0.25) is 4.68 Å². The van der Waals surface area contributed by atoms with E-state index in [0.717, 1.165) is 13.0 Å². The topological polar surface area (TPSA) is 29.9 Å². The number of rotatable bonds is 4. The van der Waals surface area contributed by atoms with E-state index >= 15 is 0 Å². The predicted octanol–water partition coefficient (Wildman–Crippen LogP) is 0.185. The van der Waals surface area contributed by atoms with Gasteiger partial charge in [-0.25, -0.2) is 0 Å². The smallest absolute Gasteiger partial charge is 0.0573 e. The van der Waals surface area contributed by atoms with Crippen molar-refractivity contribution in [3.63, 3.8) is 0 Å². The Bertz CT molecular complexity index is 270. The van der Waals surface area contributed by atoms with Crippen molar-refractivity contribution in [1.82, 2.24) is 15.1 Å². The van der Waals surface area contributed by atoms with E-state index in [1.165, 1.54) is 5.56 Å². The average Bonchev–Trinajstić information content (AvgIpc) is 2.45. The maximum atomic E-state index is 5.08. The molecule has 1 heterocycles. The van der Waals surface area contributed by atoms with Gasteiger partial charge >= 0.3 is 0 Å². The summed E-state index contributed by atoms with van der Waals surface area (Å²) in [5.74, 6) is 2.53. The molecule has 0 unspecified atom stereocenters. The normalized spacial score (nSPS) is 9.67. The molecule has 1 aromatic heterocycles. The zero-order valence-electron chi connectivity index (χ0n) is 7.25. The summed E-state index contributed by atoms with van der Waals surface area (Å²) in [6, 6.07) is 0. The van der Waals surface area contributed by atoms with E-state index in [9.17, 15) is 0 Å². The van der Waals surface area contributed by atoms with Crippen LogP contribution in [0.3, 0.4) is 0 Å². The molecule has 0 atom stereocenters. The molecule has 0 aliphatic rings. The molecule has 0 radical (unpaired) electrons. The lowest BCUT2D eigenvalue weighted by molar-refractivity contribution is 0.748. The lowest BCUT2D eigenvalue weighted by atomic mass is 10.2. The monoisotopic (exact) mass is 163 g/mol. The number of aryl methyl sites for hydroxylation is 1. The molecule has 12 heavy (non-hydrogen) atoms. The fourth-order valence-corrected chi connectivity index (χ4v) is 0.994. The second-order valence-electron chi connectivity index (χ2n) is 2.65. The van der Waals surface area contributed by atoms with Crippen LogP contribution in [-0.4, -0.2) is 22.9 Å². The summed E-state index contributed by atoms with van der Waals surface area (Å²) < 4.78 is 1.80. The molecular weight excluding hydrogens is 150 g/mol. The summed E-state index contributed by atoms with van der Waals surface area (Å²) in [5, 5.41) is 7.18. The number of aromatic nitrogens is 2. The van der Waals surface area contributed by atoms with Crippen LogP contribution in [0, 0.1) is 12.3 Å². The predicted molar refractivity (Wildman–Crippen MR) is 48.6 cm³/mol. The quantitative estimate of drug-likeness (QED) is 0.507. The van der Waals surface area contributed by atoms with E-state index in [4.69, 9.17) is 6.42 Å². The van der Waals surface area contributed by atoms with Crippen molar-refractivity contribution in [3.8, 4) is 12.3 Å². The summed E-state index contributed by atoms with van der Waals surface area (Å²) in [7, 11) is 1.92. The molecule has 1 rings (SSSR count). The van der Waals surface area contributed by atoms with Gasteiger partial charge in [-0.05, 0) is 12.0 Å². The highest BCUT2D eigenvalue weighted by molar-refractivity contribution is 5.04. The molecule has 0 saturated heterocycles. The molecule has 1 aromatic rings. The van der Waals surface area contributed by atoms with Crippen molar-refractivity contribution in [3.05, 3.63) is 18.0 Å². The lowest BCUT2D eigenvalue weighted by Crippen LogP contribution is -2.16. The maximum absolute atomic E-state index is 5.08. The van der Waals surface area contributed by atoms with Crippen LogP contribution in [0.2, 0.25) is 0 Å². The van der Waals surface area contributed by atoms with Gasteiger partial charge in [0.25, 0.3) is 0 Å². The molecule has 0 aromatic carbocycles. The van der Waals surface area contributed by atoms with E-state index in [0.29, 0.717) is 6.54 Å². The van der Waals surface area contributed by atoms with E-state index in [-0.39, 0.29) is 0 Å². The van der Waals surface area contributed by atoms with E-state index in [2.05, 4.69) is 16.3 Å². The average molecular weight is 163 g/mol. The Hall–Kier alpha value is -1.27. The summed E-state index contributed by atoms with van der Waals surface area (Å²) in [6.07, 6.45) is 9.95. The van der Waals surface area contributed by atoms with Crippen LogP contribution in [0.1, 0.15) is 5.56 Å². The van der Waals surface area contributed by atoms with Gasteiger partial charge in [0, 0.05) is 19.8 Å². The first-order valence-corrected chi connectivity index (χ1v) is 3.94. The van der Waals surface area contributed by atoms with Crippen molar-refractivity contribution in [2.24, 2.45) is 7.05 Å². The minimum Gasteiger partial charge on any atom is -0.306 e. The van der Waals surface area contributed by atoms with Crippen LogP contribution in [0.4, 0.5) is 0 Å². The number of nitrogens with zero attached hydrogens (tertiary/aromatic N) is 2. The molecule has 0 spiro atoms. The van der Waals surface area contributed by atoms with E-state index < -0.39 is 0 Å². The van der Waals surface area contributed by atoms with Gasteiger partial charge in [-0.2, -0.15) is 5.10 Å². The second kappa shape index (κ2) is 4.58. The summed E-state index contributed by atoms with van der Waals surface area (Å²) in [5.41, 5.74) is 1.24. The first-order chi connectivity index (χ1) is 5.83. The Morgan fingerprint density at radius 2 is 2.58 bits per heavy atom. The minimum atomic E-state index is 0.639. The van der Waals surface area contributed by atoms with Crippen LogP contribution < -0.4 is 5.32 Å². The first kappa shape index (κ1) is 8.82. The van der Waals surface area contributed by atoms with Crippen molar-refractivity contribution in [1.29, 1.82) is 0 Å². The maximum Gasteiger partial charge on any atom is 0.0573 e. The standard InChI is InChI=1S/C9H13N3/c1-3-5-10-6-4-9-7-11-12(2)8-9/h1,7-8,10H,4-6H2,2H3. The number of hydrogen-bond donors (Lipinski definition) is 1. The molecule has 1 N–H and O–H groups in total. The Balaban J connectivity index is 2.21. The van der Waals surface area contributed by atoms with Crippen LogP contribution in [-0.2, 0) is 13.5 Å². The van der Waals surface area contributed by atoms with Gasteiger partial charge in [0.05, 0.1) is 12.7 Å². The summed E-state index contributed by atoms with van der Waals surface area (Å²) >= 11 is 0. The number of nitrogens with one attached hydrogen (secondary N) is 1. The molecule has 3 nitrogen and oxygen atoms in total. The third-order valence-electron chi connectivity index (χ3n) is 1.58. The molecule has 3 heteroatoms. The molecular formula is C9H13N3. The lowest BCUT2D eigenvalue weighted by Gasteiger charge is -1.96. The molecule has 64 valence electrons. The zero-order valence-corrected chi connectivity index (χ0v) is 7.25. The third kappa shape index (κ3) is 2.77. The van der Waals surface area contributed by atoms with Crippen molar-refractivity contribution in [2.45, 2.75) is 6.42 Å². The molecule has 0 bridgehead atoms. The number of hydrogen-bond acceptors (Lipinski definition) is 2. The Kier molecular flexibility index (Phi) is 3.36. The van der Waals surface area contributed by atoms with Crippen LogP contribution in [0.5, 0.6) is 0 Å². The Morgan fingerprint density at radius 1 is 1.75 bits per heavy atom. The van der Waals surface area contributed by atoms with Gasteiger partial charge in [0.1, 0.15) is 0 Å². The van der Waals surface area contributed by atoms with Crippen molar-refractivity contribution < 1.29 is 0 Å². The van der Waals surface area contributed by atoms with Crippen molar-refractivity contribution in [2.75, 3.05) is 13.1 Å². The third-order valence-corrected chi connectivity index (χ3v) is 1.58. The minimum absolute atomic E-state index is 0.639. The van der Waals surface area contributed by atoms with Crippen LogP contribution in [0.15, 0.2) is 12.4 Å². The molecule has 0 amide bonds. The molecule has 0 fully saturated rings. The van der Waals surface area contributed by atoms with Gasteiger partial charge in [-0.15, -0.1) is 6.42 Å². The molecule has 0 aliphatic heterocycles. The summed E-state index contributed by atoms with van der Waals surface area (Å²) in [4.78, 5) is 0. The van der Waals surface area contributed by atoms with Gasteiger partial charge in [-0.1, -0.05) is 5.92 Å². The van der Waals surface area contributed by atoms with Gasteiger partial charge < -0.3 is 5.32 Å². The largest absolute Gasteiger partial charge is 0.306 e. The highest BCUT2D eigenvalue weighted by Crippen LogP contribution is 1.95. The van der Waals surface area contributed by atoms with Gasteiger partial charge in [0.2, 0.25) is 0 Å². The van der Waals surface area contributed by atoms with Gasteiger partial charge in [0.15, 0.2) is 0 Å². The highest BCUT2D eigenvalue weighted by Gasteiger charge is 1.93. The fourth-order valence-electron chi connectivity index (χ4n) is 0.994. The Morgan fingerprint density at radius 3 is 3.17 bits per heavy atom. The van der Waals surface area contributed by atoms with Crippen LogP contribution >= 0.6 is 0 Å². The van der Waals surface area contributed by atoms with E-state index in [1.54, 1.807) is 4.68 Å². The second-order valence-corrected chi connectivity index (χ2v) is 2.65. The SMILES string of the molecule is C#CCNCCc1cnn(C)c1. The first-order valence-electron chi connectivity index (χ1n) is 3.94. The summed E-state index contributed by atoms with van der Waals surface area (Å²) in [6.45, 7) is 1.55. The molecule has 0 saturated carbocycles. The molecule has 0 aliphatic carbocycles. The van der Waals surface area contributed by atoms with Crippen molar-refractivity contribution >= 4 is 0 Å². The fraction of sp³-hybridized carbons (Fsp3) is 0.444. The highest BCUT2D eigenvalue weighted by atomic mass is 15.2. The van der Waals surface area contributed by atoms with E-state index in [1.807, 2.05) is 19.4 Å². The van der Waals surface area contributed by atoms with Crippen LogP contribution in [0.25, 0.3) is 0 Å². The number of terminal acetylenes is 1. The Labute approximate surface area is 72.8 Å².